The summed E-state index contributed by atoms with van der Waals surface area (Å²) >= 11 is 6.39. The van der Waals surface area contributed by atoms with Gasteiger partial charge in [0.15, 0.2) is 0 Å². The van der Waals surface area contributed by atoms with Gasteiger partial charge in [0, 0.05) is 22.5 Å². The van der Waals surface area contributed by atoms with Crippen molar-refractivity contribution in [1.82, 2.24) is 9.88 Å². The summed E-state index contributed by atoms with van der Waals surface area (Å²) in [6.45, 7) is 5.87. The highest BCUT2D eigenvalue weighted by Crippen LogP contribution is 2.40. The molecule has 0 amide bonds. The zero-order valence-electron chi connectivity index (χ0n) is 13.3. The van der Waals surface area contributed by atoms with Gasteiger partial charge in [-0.15, -0.1) is 0 Å². The lowest BCUT2D eigenvalue weighted by molar-refractivity contribution is -0.0304. The minimum atomic E-state index is -0.272. The Hall–Kier alpha value is -1.52. The lowest BCUT2D eigenvalue weighted by Gasteiger charge is -2.47. The smallest absolute Gasteiger partial charge is 0.340 e. The molecule has 1 aromatic heterocycles. The second-order valence-electron chi connectivity index (χ2n) is 6.99. The number of halogens is 1. The Morgan fingerprint density at radius 2 is 2.00 bits per heavy atom. The highest BCUT2D eigenvalue weighted by Gasteiger charge is 2.40. The summed E-state index contributed by atoms with van der Waals surface area (Å²) in [5.74, 6) is -0.272. The van der Waals surface area contributed by atoms with Gasteiger partial charge in [-0.05, 0) is 57.5 Å². The molecule has 0 unspecified atom stereocenters. The number of hydrogen-bond acceptors (Lipinski definition) is 3. The lowest BCUT2D eigenvalue weighted by Crippen LogP contribution is -2.50. The van der Waals surface area contributed by atoms with Crippen LogP contribution in [0.2, 0.25) is 5.02 Å². The number of benzene rings is 1. The van der Waals surface area contributed by atoms with Crippen LogP contribution in [0, 0.1) is 12.3 Å². The molecule has 122 valence electrons. The van der Waals surface area contributed by atoms with Crippen molar-refractivity contribution in [3.8, 4) is 0 Å². The quantitative estimate of drug-likeness (QED) is 0.870. The van der Waals surface area contributed by atoms with Gasteiger partial charge >= 0.3 is 5.97 Å². The van der Waals surface area contributed by atoms with Crippen LogP contribution in [0.3, 0.4) is 0 Å². The van der Waals surface area contributed by atoms with Crippen molar-refractivity contribution in [2.75, 3.05) is 26.2 Å². The molecule has 2 aromatic rings. The van der Waals surface area contributed by atoms with E-state index in [9.17, 15) is 4.79 Å². The molecule has 3 aliphatic heterocycles. The van der Waals surface area contributed by atoms with Gasteiger partial charge in [-0.2, -0.15) is 0 Å². The fraction of sp³-hybridized carbons (Fsp3) is 0.500. The number of nitrogens with zero attached hydrogens (tertiary/aromatic N) is 1. The van der Waals surface area contributed by atoms with E-state index in [1.54, 1.807) is 6.20 Å². The number of nitrogens with one attached hydrogen (secondary N) is 1. The number of fused-ring (bicyclic) bond motifs is 4. The third-order valence-corrected chi connectivity index (χ3v) is 6.07. The number of hydrogen-bond donors (Lipinski definition) is 1. The summed E-state index contributed by atoms with van der Waals surface area (Å²) in [6, 6.07) is 3.90. The zero-order valence-corrected chi connectivity index (χ0v) is 14.1. The number of carbonyl (C=O) groups is 1. The van der Waals surface area contributed by atoms with Crippen LogP contribution in [0.1, 0.15) is 35.2 Å². The molecule has 3 saturated heterocycles. The number of piperidine rings is 3. The third kappa shape index (κ3) is 2.54. The van der Waals surface area contributed by atoms with Crippen LogP contribution < -0.4 is 0 Å². The Kier molecular flexibility index (Phi) is 3.62. The molecule has 0 aliphatic carbocycles. The molecule has 0 saturated carbocycles. The van der Waals surface area contributed by atoms with Crippen LogP contribution in [0.5, 0.6) is 0 Å². The molecule has 23 heavy (non-hydrogen) atoms. The van der Waals surface area contributed by atoms with Gasteiger partial charge in [-0.3, -0.25) is 0 Å². The van der Waals surface area contributed by atoms with Crippen molar-refractivity contribution in [2.45, 2.75) is 26.2 Å². The van der Waals surface area contributed by atoms with Crippen molar-refractivity contribution in [2.24, 2.45) is 5.41 Å². The van der Waals surface area contributed by atoms with E-state index in [0.29, 0.717) is 17.2 Å². The molecule has 0 atom stereocenters. The summed E-state index contributed by atoms with van der Waals surface area (Å²) in [5, 5.41) is 1.40. The normalized spacial score (nSPS) is 26.6. The van der Waals surface area contributed by atoms with Crippen molar-refractivity contribution in [1.29, 1.82) is 0 Å². The van der Waals surface area contributed by atoms with Crippen LogP contribution in [-0.2, 0) is 4.74 Å². The number of H-pyrrole nitrogens is 1. The van der Waals surface area contributed by atoms with Crippen molar-refractivity contribution >= 4 is 28.5 Å². The maximum absolute atomic E-state index is 12.6. The van der Waals surface area contributed by atoms with Crippen molar-refractivity contribution in [3.63, 3.8) is 0 Å². The summed E-state index contributed by atoms with van der Waals surface area (Å²) in [7, 11) is 0. The van der Waals surface area contributed by atoms with Crippen LogP contribution in [-0.4, -0.2) is 42.1 Å². The second-order valence-corrected chi connectivity index (χ2v) is 7.37. The van der Waals surface area contributed by atoms with Gasteiger partial charge in [0.2, 0.25) is 0 Å². The molecule has 1 aromatic carbocycles. The molecule has 5 heteroatoms. The molecule has 1 N–H and O–H groups in total. The Balaban J connectivity index is 1.54. The highest BCUT2D eigenvalue weighted by molar-refractivity contribution is 6.37. The monoisotopic (exact) mass is 332 g/mol. The lowest BCUT2D eigenvalue weighted by atomic mass is 9.73. The van der Waals surface area contributed by atoms with Crippen molar-refractivity contribution < 1.29 is 9.53 Å². The van der Waals surface area contributed by atoms with E-state index in [1.807, 2.05) is 19.1 Å². The Labute approximate surface area is 140 Å². The van der Waals surface area contributed by atoms with Gasteiger partial charge in [0.05, 0.1) is 17.2 Å². The molecule has 4 heterocycles. The molecule has 4 nitrogen and oxygen atoms in total. The Morgan fingerprint density at radius 1 is 1.30 bits per heavy atom. The third-order valence-electron chi connectivity index (χ3n) is 5.58. The van der Waals surface area contributed by atoms with Gasteiger partial charge in [-0.1, -0.05) is 17.7 Å². The standard InChI is InChI=1S/C18H21ClN2O2/c1-12-2-3-14-15(16(12)19)13(10-20-14)17(22)23-11-18-4-7-21(8-5-18)9-6-18/h2-3,10,20H,4-9,11H2,1H3. The highest BCUT2D eigenvalue weighted by atomic mass is 35.5. The topological polar surface area (TPSA) is 45.3 Å². The van der Waals surface area contributed by atoms with Gasteiger partial charge < -0.3 is 14.6 Å². The molecule has 0 spiro atoms. The first kappa shape index (κ1) is 15.0. The van der Waals surface area contributed by atoms with Crippen LogP contribution in [0.15, 0.2) is 18.3 Å². The Morgan fingerprint density at radius 3 is 2.70 bits per heavy atom. The van der Waals surface area contributed by atoms with E-state index < -0.39 is 0 Å². The predicted octanol–water partition coefficient (Wildman–Crippen LogP) is 3.77. The molecular formula is C18H21ClN2O2. The summed E-state index contributed by atoms with van der Waals surface area (Å²) in [5.41, 5.74) is 2.57. The fourth-order valence-corrected chi connectivity index (χ4v) is 4.12. The minimum absolute atomic E-state index is 0.191. The van der Waals surface area contributed by atoms with Crippen molar-refractivity contribution in [3.05, 3.63) is 34.5 Å². The van der Waals surface area contributed by atoms with Crippen LogP contribution in [0.4, 0.5) is 0 Å². The Bertz CT molecular complexity index is 746. The van der Waals surface area contributed by atoms with E-state index in [2.05, 4.69) is 9.88 Å². The number of aryl methyl sites for hydroxylation is 1. The largest absolute Gasteiger partial charge is 0.461 e. The first-order valence-electron chi connectivity index (χ1n) is 8.24. The van der Waals surface area contributed by atoms with E-state index >= 15 is 0 Å². The molecule has 0 radical (unpaired) electrons. The minimum Gasteiger partial charge on any atom is -0.461 e. The maximum atomic E-state index is 12.6. The number of carbonyl (C=O) groups excluding carboxylic acids is 1. The number of esters is 1. The predicted molar refractivity (Wildman–Crippen MR) is 91.1 cm³/mol. The molecule has 3 fully saturated rings. The van der Waals surface area contributed by atoms with Crippen LogP contribution in [0.25, 0.3) is 10.9 Å². The van der Waals surface area contributed by atoms with Gasteiger partial charge in [0.1, 0.15) is 0 Å². The first-order chi connectivity index (χ1) is 11.1. The average molecular weight is 333 g/mol. The number of aromatic nitrogens is 1. The summed E-state index contributed by atoms with van der Waals surface area (Å²) < 4.78 is 5.71. The van der Waals surface area contributed by atoms with E-state index in [1.165, 1.54) is 0 Å². The number of ether oxygens (including phenoxy) is 1. The molecule has 5 rings (SSSR count). The number of aromatic amines is 1. The first-order valence-corrected chi connectivity index (χ1v) is 8.61. The van der Waals surface area contributed by atoms with Gasteiger partial charge in [-0.25, -0.2) is 4.79 Å². The zero-order chi connectivity index (χ0) is 16.0. The van der Waals surface area contributed by atoms with E-state index in [0.717, 1.165) is 55.4 Å². The van der Waals surface area contributed by atoms with Gasteiger partial charge in [0.25, 0.3) is 0 Å². The SMILES string of the molecule is Cc1ccc2[nH]cc(C(=O)OCC34CCN(CC3)CC4)c2c1Cl. The summed E-state index contributed by atoms with van der Waals surface area (Å²) in [4.78, 5) is 18.2. The fourth-order valence-electron chi connectivity index (χ4n) is 3.86. The molecule has 2 bridgehead atoms. The van der Waals surface area contributed by atoms with E-state index in [4.69, 9.17) is 16.3 Å². The molecular weight excluding hydrogens is 312 g/mol. The molecule has 3 aliphatic rings. The van der Waals surface area contributed by atoms with Crippen LogP contribution >= 0.6 is 11.6 Å². The number of rotatable bonds is 3. The summed E-state index contributed by atoms with van der Waals surface area (Å²) in [6.07, 6.45) is 5.11. The average Bonchev–Trinajstić information content (AvgIpc) is 3.03. The second kappa shape index (κ2) is 5.53. The maximum Gasteiger partial charge on any atom is 0.340 e. The van der Waals surface area contributed by atoms with E-state index in [-0.39, 0.29) is 11.4 Å².